The van der Waals surface area contributed by atoms with Crippen LogP contribution in [-0.2, 0) is 0 Å². The number of nitrogens with zero attached hydrogens (tertiary/aromatic N) is 3. The summed E-state index contributed by atoms with van der Waals surface area (Å²) in [5, 5.41) is 6.54. The van der Waals surface area contributed by atoms with Crippen molar-refractivity contribution in [3.63, 3.8) is 0 Å². The Morgan fingerprint density at radius 1 is 0.314 bits per heavy atom. The van der Waals surface area contributed by atoms with E-state index < -0.39 is 0 Å². The minimum Gasteiger partial charge on any atom is -0.455 e. The Kier molecular flexibility index (Phi) is 6.78. The fraction of sp³-hybridized carbons (Fsp3) is 0. The molecule has 0 fully saturated rings. The molecule has 238 valence electrons. The molecule has 4 nitrogen and oxygen atoms in total. The molecule has 0 bridgehead atoms. The van der Waals surface area contributed by atoms with E-state index in [1.54, 1.807) is 0 Å². The van der Waals surface area contributed by atoms with Gasteiger partial charge in [-0.05, 0) is 68.7 Å². The molecule has 0 unspecified atom stereocenters. The van der Waals surface area contributed by atoms with Crippen LogP contribution >= 0.6 is 0 Å². The normalized spacial score (nSPS) is 11.5. The first-order chi connectivity index (χ1) is 25.2. The first kappa shape index (κ1) is 29.0. The third kappa shape index (κ3) is 5.13. The van der Waals surface area contributed by atoms with Crippen molar-refractivity contribution in [3.05, 3.63) is 176 Å². The summed E-state index contributed by atoms with van der Waals surface area (Å²) in [6, 6.07) is 61.1. The van der Waals surface area contributed by atoms with Crippen LogP contribution in [0.1, 0.15) is 0 Å². The second kappa shape index (κ2) is 11.9. The zero-order chi connectivity index (χ0) is 33.7. The quantitative estimate of drug-likeness (QED) is 0.186. The first-order valence-electron chi connectivity index (χ1n) is 17.1. The van der Waals surface area contributed by atoms with E-state index in [9.17, 15) is 0 Å². The van der Waals surface area contributed by atoms with Crippen molar-refractivity contribution in [1.29, 1.82) is 0 Å². The SMILES string of the molecule is c1ccc(-c2ccc3cc(-c4ccc5oc6c7ccccc7c(-c7nc(-c8ccccc8)nc(-c8ccccc8)n7)cc6c5c4)ccc3c2)cc1. The van der Waals surface area contributed by atoms with Crippen molar-refractivity contribution < 1.29 is 4.42 Å². The lowest BCUT2D eigenvalue weighted by Gasteiger charge is -2.11. The molecule has 0 spiro atoms. The summed E-state index contributed by atoms with van der Waals surface area (Å²) >= 11 is 0. The van der Waals surface area contributed by atoms with Gasteiger partial charge in [0.05, 0.1) is 0 Å². The predicted octanol–water partition coefficient (Wildman–Crippen LogP) is 12.4. The summed E-state index contributed by atoms with van der Waals surface area (Å²) in [5.74, 6) is 1.89. The molecule has 10 rings (SSSR count). The zero-order valence-corrected chi connectivity index (χ0v) is 27.5. The van der Waals surface area contributed by atoms with E-state index in [-0.39, 0.29) is 0 Å². The molecule has 0 aliphatic heterocycles. The lowest BCUT2D eigenvalue weighted by molar-refractivity contribution is 0.673. The number of hydrogen-bond donors (Lipinski definition) is 0. The molecule has 51 heavy (non-hydrogen) atoms. The predicted molar refractivity (Wildman–Crippen MR) is 209 cm³/mol. The van der Waals surface area contributed by atoms with Gasteiger partial charge in [-0.25, -0.2) is 15.0 Å². The third-order valence-corrected chi connectivity index (χ3v) is 9.70. The van der Waals surface area contributed by atoms with Gasteiger partial charge in [0.2, 0.25) is 0 Å². The van der Waals surface area contributed by atoms with Crippen LogP contribution in [0.3, 0.4) is 0 Å². The van der Waals surface area contributed by atoms with Crippen LogP contribution in [0.25, 0.3) is 99.9 Å². The van der Waals surface area contributed by atoms with E-state index in [1.165, 1.54) is 21.9 Å². The molecular formula is C47H29N3O. The molecule has 2 heterocycles. The van der Waals surface area contributed by atoms with Gasteiger partial charge in [0, 0.05) is 32.8 Å². The smallest absolute Gasteiger partial charge is 0.164 e. The van der Waals surface area contributed by atoms with Gasteiger partial charge in [-0.15, -0.1) is 0 Å². The first-order valence-corrected chi connectivity index (χ1v) is 17.1. The molecule has 0 aliphatic carbocycles. The molecule has 0 atom stereocenters. The van der Waals surface area contributed by atoms with Crippen LogP contribution in [0.15, 0.2) is 180 Å². The van der Waals surface area contributed by atoms with E-state index in [4.69, 9.17) is 19.4 Å². The van der Waals surface area contributed by atoms with Crippen molar-refractivity contribution in [2.24, 2.45) is 0 Å². The second-order valence-electron chi connectivity index (χ2n) is 12.8. The summed E-state index contributed by atoms with van der Waals surface area (Å²) in [5.41, 5.74) is 9.23. The van der Waals surface area contributed by atoms with Crippen LogP contribution in [0.5, 0.6) is 0 Å². The van der Waals surface area contributed by atoms with Crippen molar-refractivity contribution in [2.75, 3.05) is 0 Å². The van der Waals surface area contributed by atoms with Gasteiger partial charge in [0.1, 0.15) is 11.2 Å². The fourth-order valence-corrected chi connectivity index (χ4v) is 7.13. The molecule has 10 aromatic rings. The maximum atomic E-state index is 6.61. The van der Waals surface area contributed by atoms with Crippen LogP contribution in [0.4, 0.5) is 0 Å². The molecule has 0 aliphatic rings. The van der Waals surface area contributed by atoms with Gasteiger partial charge < -0.3 is 4.42 Å². The van der Waals surface area contributed by atoms with E-state index in [0.29, 0.717) is 17.5 Å². The zero-order valence-electron chi connectivity index (χ0n) is 27.5. The van der Waals surface area contributed by atoms with Crippen molar-refractivity contribution in [1.82, 2.24) is 15.0 Å². The van der Waals surface area contributed by atoms with E-state index in [1.807, 2.05) is 60.7 Å². The van der Waals surface area contributed by atoms with Gasteiger partial charge in [-0.1, -0.05) is 146 Å². The molecule has 2 aromatic heterocycles. The Morgan fingerprint density at radius 3 is 1.43 bits per heavy atom. The maximum absolute atomic E-state index is 6.61. The summed E-state index contributed by atoms with van der Waals surface area (Å²) < 4.78 is 6.61. The molecule has 0 N–H and O–H groups in total. The van der Waals surface area contributed by atoms with E-state index in [0.717, 1.165) is 60.5 Å². The number of hydrogen-bond acceptors (Lipinski definition) is 4. The van der Waals surface area contributed by atoms with Gasteiger partial charge in [0.25, 0.3) is 0 Å². The largest absolute Gasteiger partial charge is 0.455 e. The highest BCUT2D eigenvalue weighted by Crippen LogP contribution is 2.41. The lowest BCUT2D eigenvalue weighted by atomic mass is 9.96. The minimum absolute atomic E-state index is 0.621. The average Bonchev–Trinajstić information content (AvgIpc) is 3.59. The number of benzene rings is 8. The monoisotopic (exact) mass is 651 g/mol. The van der Waals surface area contributed by atoms with Crippen molar-refractivity contribution >= 4 is 43.5 Å². The summed E-state index contributed by atoms with van der Waals surface area (Å²) in [4.78, 5) is 15.1. The Bertz CT molecular complexity index is 2840. The van der Waals surface area contributed by atoms with Crippen LogP contribution < -0.4 is 0 Å². The number of rotatable bonds is 5. The summed E-state index contributed by atoms with van der Waals surface area (Å²) in [6.45, 7) is 0. The van der Waals surface area contributed by atoms with Gasteiger partial charge in [0.15, 0.2) is 17.5 Å². The molecule has 4 heteroatoms. The van der Waals surface area contributed by atoms with Crippen LogP contribution in [0.2, 0.25) is 0 Å². The lowest BCUT2D eigenvalue weighted by Crippen LogP contribution is -2.00. The van der Waals surface area contributed by atoms with Gasteiger partial charge in [-0.2, -0.15) is 0 Å². The Morgan fingerprint density at radius 2 is 0.804 bits per heavy atom. The minimum atomic E-state index is 0.621. The van der Waals surface area contributed by atoms with Crippen LogP contribution in [0, 0.1) is 0 Å². The number of aromatic nitrogens is 3. The second-order valence-corrected chi connectivity index (χ2v) is 12.8. The highest BCUT2D eigenvalue weighted by atomic mass is 16.3. The number of fused-ring (bicyclic) bond motifs is 6. The summed E-state index contributed by atoms with van der Waals surface area (Å²) in [7, 11) is 0. The average molecular weight is 652 g/mol. The van der Waals surface area contributed by atoms with E-state index in [2.05, 4.69) is 115 Å². The van der Waals surface area contributed by atoms with Gasteiger partial charge >= 0.3 is 0 Å². The summed E-state index contributed by atoms with van der Waals surface area (Å²) in [6.07, 6.45) is 0. The Labute approximate surface area is 294 Å². The molecule has 8 aromatic carbocycles. The Hall–Kier alpha value is -6.91. The molecule has 0 saturated heterocycles. The van der Waals surface area contributed by atoms with Crippen molar-refractivity contribution in [3.8, 4) is 56.4 Å². The van der Waals surface area contributed by atoms with Gasteiger partial charge in [-0.3, -0.25) is 0 Å². The molecule has 0 amide bonds. The topological polar surface area (TPSA) is 51.8 Å². The highest BCUT2D eigenvalue weighted by Gasteiger charge is 2.19. The maximum Gasteiger partial charge on any atom is 0.164 e. The highest BCUT2D eigenvalue weighted by molar-refractivity contribution is 6.19. The number of furan rings is 1. The fourth-order valence-electron chi connectivity index (χ4n) is 7.13. The Balaban J connectivity index is 1.15. The standard InChI is InChI=1S/C47H29N3O/c1-4-12-30(13-5-1)33-20-21-35-27-36(23-22-34(35)26-33)37-24-25-43-40(28-37)41-29-42(38-18-10-11-19-39(38)44(41)51-43)47-49-45(31-14-6-2-7-15-31)48-46(50-47)32-16-8-3-9-17-32/h1-29H. The van der Waals surface area contributed by atoms with E-state index >= 15 is 0 Å². The van der Waals surface area contributed by atoms with Crippen molar-refractivity contribution in [2.45, 2.75) is 0 Å². The molecule has 0 saturated carbocycles. The third-order valence-electron chi connectivity index (χ3n) is 9.70. The van der Waals surface area contributed by atoms with Crippen LogP contribution in [-0.4, -0.2) is 15.0 Å². The molecular weight excluding hydrogens is 623 g/mol. The molecule has 0 radical (unpaired) electrons.